The fraction of sp³-hybridized carbons (Fsp3) is 0.429. The van der Waals surface area contributed by atoms with E-state index in [0.717, 1.165) is 32.5 Å². The van der Waals surface area contributed by atoms with Crippen LogP contribution in [0.3, 0.4) is 0 Å². The lowest BCUT2D eigenvalue weighted by molar-refractivity contribution is -0.0414. The van der Waals surface area contributed by atoms with Crippen molar-refractivity contribution in [2.24, 2.45) is 0 Å². The topological polar surface area (TPSA) is 21.3 Å². The van der Waals surface area contributed by atoms with Crippen LogP contribution in [0.25, 0.3) is 10.1 Å². The SMILES string of the molecule is c1ccc2c3c(sc2c1)C1(CCNC1)OCC3. The molecule has 0 aliphatic carbocycles. The second-order valence-electron chi connectivity index (χ2n) is 4.93. The summed E-state index contributed by atoms with van der Waals surface area (Å²) in [5, 5.41) is 4.90. The van der Waals surface area contributed by atoms with Gasteiger partial charge in [-0.2, -0.15) is 0 Å². The lowest BCUT2D eigenvalue weighted by Gasteiger charge is -2.33. The zero-order valence-electron chi connectivity index (χ0n) is 9.66. The first-order chi connectivity index (χ1) is 8.39. The Morgan fingerprint density at radius 2 is 2.24 bits per heavy atom. The normalized spacial score (nSPS) is 27.8. The highest BCUT2D eigenvalue weighted by atomic mass is 32.1. The van der Waals surface area contributed by atoms with Crippen molar-refractivity contribution in [3.8, 4) is 0 Å². The van der Waals surface area contributed by atoms with E-state index in [-0.39, 0.29) is 5.60 Å². The molecule has 1 fully saturated rings. The lowest BCUT2D eigenvalue weighted by atomic mass is 9.92. The Labute approximate surface area is 105 Å². The molecule has 1 atom stereocenters. The first-order valence-corrected chi connectivity index (χ1v) is 7.06. The molecule has 3 heteroatoms. The number of hydrogen-bond acceptors (Lipinski definition) is 3. The standard InChI is InChI=1S/C14H15NOS/c1-2-4-12-10(3-1)11-5-8-16-14(13(11)17-12)6-7-15-9-14/h1-4,15H,5-9H2. The minimum atomic E-state index is -0.0166. The fourth-order valence-electron chi connectivity index (χ4n) is 3.12. The van der Waals surface area contributed by atoms with E-state index >= 15 is 0 Å². The molecule has 1 unspecified atom stereocenters. The van der Waals surface area contributed by atoms with Gasteiger partial charge in [0.25, 0.3) is 0 Å². The quantitative estimate of drug-likeness (QED) is 0.770. The van der Waals surface area contributed by atoms with Crippen molar-refractivity contribution in [3.63, 3.8) is 0 Å². The maximum Gasteiger partial charge on any atom is 0.116 e. The van der Waals surface area contributed by atoms with E-state index in [0.29, 0.717) is 0 Å². The highest BCUT2D eigenvalue weighted by Crippen LogP contribution is 2.45. The van der Waals surface area contributed by atoms with E-state index < -0.39 is 0 Å². The first-order valence-electron chi connectivity index (χ1n) is 6.25. The molecule has 88 valence electrons. The maximum absolute atomic E-state index is 6.13. The van der Waals surface area contributed by atoms with Crippen molar-refractivity contribution >= 4 is 21.4 Å². The number of thiophene rings is 1. The summed E-state index contributed by atoms with van der Waals surface area (Å²) in [6.45, 7) is 2.93. The number of nitrogens with one attached hydrogen (secondary N) is 1. The Bertz CT molecular complexity index is 569. The van der Waals surface area contributed by atoms with Gasteiger partial charge >= 0.3 is 0 Å². The van der Waals surface area contributed by atoms with Crippen LogP contribution in [0, 0.1) is 0 Å². The van der Waals surface area contributed by atoms with Gasteiger partial charge in [-0.1, -0.05) is 18.2 Å². The molecule has 2 aliphatic rings. The molecule has 3 heterocycles. The van der Waals surface area contributed by atoms with Gasteiger partial charge in [0.2, 0.25) is 0 Å². The maximum atomic E-state index is 6.13. The third kappa shape index (κ3) is 1.33. The molecule has 0 radical (unpaired) electrons. The molecular weight excluding hydrogens is 230 g/mol. The number of fused-ring (bicyclic) bond motifs is 4. The number of benzene rings is 1. The van der Waals surface area contributed by atoms with Crippen LogP contribution < -0.4 is 5.32 Å². The summed E-state index contributed by atoms with van der Waals surface area (Å²) in [6.07, 6.45) is 2.19. The average Bonchev–Trinajstić information content (AvgIpc) is 2.96. The van der Waals surface area contributed by atoms with Gasteiger partial charge in [-0.25, -0.2) is 0 Å². The highest BCUT2D eigenvalue weighted by Gasteiger charge is 2.42. The van der Waals surface area contributed by atoms with E-state index in [1.165, 1.54) is 15.0 Å². The van der Waals surface area contributed by atoms with Crippen LogP contribution in [-0.2, 0) is 16.8 Å². The molecule has 4 rings (SSSR count). The lowest BCUT2D eigenvalue weighted by Crippen LogP contribution is -2.36. The first kappa shape index (κ1) is 10.1. The molecule has 1 aromatic carbocycles. The molecule has 1 N–H and O–H groups in total. The van der Waals surface area contributed by atoms with Crippen LogP contribution in [0.4, 0.5) is 0 Å². The molecule has 1 saturated heterocycles. The van der Waals surface area contributed by atoms with Crippen LogP contribution in [0.15, 0.2) is 24.3 Å². The van der Waals surface area contributed by atoms with Gasteiger partial charge in [0, 0.05) is 16.1 Å². The monoisotopic (exact) mass is 245 g/mol. The summed E-state index contributed by atoms with van der Waals surface area (Å²) in [4.78, 5) is 1.48. The van der Waals surface area contributed by atoms with Gasteiger partial charge in [-0.05, 0) is 36.4 Å². The van der Waals surface area contributed by atoms with Crippen molar-refractivity contribution < 1.29 is 4.74 Å². The van der Waals surface area contributed by atoms with Gasteiger partial charge in [0.1, 0.15) is 5.60 Å². The Balaban J connectivity index is 1.99. The number of rotatable bonds is 0. The van der Waals surface area contributed by atoms with E-state index in [9.17, 15) is 0 Å². The Hall–Kier alpha value is -0.900. The molecule has 1 spiro atoms. The van der Waals surface area contributed by atoms with Gasteiger partial charge in [0.05, 0.1) is 6.61 Å². The van der Waals surface area contributed by atoms with Crippen LogP contribution in [0.1, 0.15) is 16.9 Å². The predicted octanol–water partition coefficient (Wildman–Crippen LogP) is 2.66. The Kier molecular flexibility index (Phi) is 2.10. The number of ether oxygens (including phenoxy) is 1. The van der Waals surface area contributed by atoms with Crippen LogP contribution in [0.2, 0.25) is 0 Å². The van der Waals surface area contributed by atoms with Crippen molar-refractivity contribution in [2.75, 3.05) is 19.7 Å². The molecular formula is C14H15NOS. The summed E-state index contributed by atoms with van der Waals surface area (Å²) in [6, 6.07) is 8.76. The summed E-state index contributed by atoms with van der Waals surface area (Å²) in [5.74, 6) is 0. The van der Waals surface area contributed by atoms with E-state index in [1.807, 2.05) is 11.3 Å². The van der Waals surface area contributed by atoms with Gasteiger partial charge in [-0.15, -0.1) is 11.3 Å². The molecule has 0 amide bonds. The summed E-state index contributed by atoms with van der Waals surface area (Å²) < 4.78 is 7.54. The third-order valence-electron chi connectivity index (χ3n) is 3.96. The molecule has 0 saturated carbocycles. The smallest absolute Gasteiger partial charge is 0.116 e. The fourth-order valence-corrected chi connectivity index (χ4v) is 4.54. The van der Waals surface area contributed by atoms with E-state index in [2.05, 4.69) is 29.6 Å². The summed E-state index contributed by atoms with van der Waals surface area (Å²) >= 11 is 1.93. The van der Waals surface area contributed by atoms with E-state index in [1.54, 1.807) is 5.56 Å². The molecule has 1 aromatic heterocycles. The zero-order chi connectivity index (χ0) is 11.3. The van der Waals surface area contributed by atoms with Gasteiger partial charge < -0.3 is 10.1 Å². The third-order valence-corrected chi connectivity index (χ3v) is 5.36. The molecule has 17 heavy (non-hydrogen) atoms. The molecule has 0 bridgehead atoms. The number of hydrogen-bond donors (Lipinski definition) is 1. The van der Waals surface area contributed by atoms with Gasteiger partial charge in [0.15, 0.2) is 0 Å². The largest absolute Gasteiger partial charge is 0.368 e. The van der Waals surface area contributed by atoms with Crippen molar-refractivity contribution in [1.29, 1.82) is 0 Å². The predicted molar refractivity (Wildman–Crippen MR) is 70.6 cm³/mol. The summed E-state index contributed by atoms with van der Waals surface area (Å²) in [5.41, 5.74) is 1.53. The van der Waals surface area contributed by atoms with Crippen LogP contribution >= 0.6 is 11.3 Å². The Morgan fingerprint density at radius 3 is 3.12 bits per heavy atom. The minimum absolute atomic E-state index is 0.0166. The second-order valence-corrected chi connectivity index (χ2v) is 5.98. The molecule has 2 nitrogen and oxygen atoms in total. The minimum Gasteiger partial charge on any atom is -0.368 e. The second kappa shape index (κ2) is 3.55. The van der Waals surface area contributed by atoms with Crippen molar-refractivity contribution in [3.05, 3.63) is 34.7 Å². The summed E-state index contributed by atoms with van der Waals surface area (Å²) in [7, 11) is 0. The van der Waals surface area contributed by atoms with Crippen LogP contribution in [-0.4, -0.2) is 19.7 Å². The zero-order valence-corrected chi connectivity index (χ0v) is 10.5. The van der Waals surface area contributed by atoms with Crippen molar-refractivity contribution in [1.82, 2.24) is 5.32 Å². The van der Waals surface area contributed by atoms with Crippen LogP contribution in [0.5, 0.6) is 0 Å². The van der Waals surface area contributed by atoms with E-state index in [4.69, 9.17) is 4.74 Å². The molecule has 2 aliphatic heterocycles. The molecule has 2 aromatic rings. The average molecular weight is 245 g/mol. The Morgan fingerprint density at radius 1 is 1.29 bits per heavy atom. The van der Waals surface area contributed by atoms with Crippen molar-refractivity contribution in [2.45, 2.75) is 18.4 Å². The van der Waals surface area contributed by atoms with Gasteiger partial charge in [-0.3, -0.25) is 0 Å². The highest BCUT2D eigenvalue weighted by molar-refractivity contribution is 7.19.